The highest BCUT2D eigenvalue weighted by molar-refractivity contribution is 6.42. The van der Waals surface area contributed by atoms with Crippen molar-refractivity contribution in [3.63, 3.8) is 0 Å². The molecule has 0 atom stereocenters. The van der Waals surface area contributed by atoms with Crippen molar-refractivity contribution in [3.8, 4) is 0 Å². The Labute approximate surface area is 74.8 Å². The van der Waals surface area contributed by atoms with Gasteiger partial charge in [-0.1, -0.05) is 13.8 Å². The topological polar surface area (TPSA) is 24.7 Å². The van der Waals surface area contributed by atoms with Crippen molar-refractivity contribution in [3.05, 3.63) is 0 Å². The molecule has 1 heterocycles. The van der Waals surface area contributed by atoms with Crippen molar-refractivity contribution in [1.29, 1.82) is 0 Å². The normalized spacial score (nSPS) is 21.7. The van der Waals surface area contributed by atoms with Gasteiger partial charge in [-0.25, -0.2) is 0 Å². The fourth-order valence-corrected chi connectivity index (χ4v) is 1.44. The lowest BCUT2D eigenvalue weighted by Gasteiger charge is -2.24. The number of nitrogens with zero attached hydrogens (tertiary/aromatic N) is 2. The summed E-state index contributed by atoms with van der Waals surface area (Å²) in [6, 6.07) is 0. The van der Waals surface area contributed by atoms with Crippen molar-refractivity contribution in [1.82, 2.24) is 0 Å². The molecule has 68 valence electrons. The molecule has 12 heavy (non-hydrogen) atoms. The maximum Gasteiger partial charge on any atom is 0.0750 e. The maximum absolute atomic E-state index is 4.67. The van der Waals surface area contributed by atoms with Gasteiger partial charge in [0.1, 0.15) is 0 Å². The standard InChI is InChI=1S/C10H18N2/c1-5-8-9(6-2)12-10(3,4)7-11-8/h5-7H2,1-4H3. The van der Waals surface area contributed by atoms with Crippen LogP contribution in [-0.2, 0) is 0 Å². The predicted octanol–water partition coefficient (Wildman–Crippen LogP) is 2.48. The first-order chi connectivity index (χ1) is 5.59. The van der Waals surface area contributed by atoms with Crippen LogP contribution in [0.3, 0.4) is 0 Å². The van der Waals surface area contributed by atoms with Crippen molar-refractivity contribution in [2.45, 2.75) is 46.1 Å². The second-order valence-corrected chi connectivity index (χ2v) is 3.84. The first kappa shape index (κ1) is 9.43. The molecule has 0 aromatic heterocycles. The van der Waals surface area contributed by atoms with Crippen molar-refractivity contribution < 1.29 is 0 Å². The fraction of sp³-hybridized carbons (Fsp3) is 0.800. The number of rotatable bonds is 2. The quantitative estimate of drug-likeness (QED) is 0.602. The zero-order valence-electron chi connectivity index (χ0n) is 8.52. The first-order valence-corrected chi connectivity index (χ1v) is 4.71. The van der Waals surface area contributed by atoms with E-state index in [-0.39, 0.29) is 5.54 Å². The first-order valence-electron chi connectivity index (χ1n) is 4.71. The van der Waals surface area contributed by atoms with E-state index in [4.69, 9.17) is 0 Å². The molecule has 1 aliphatic heterocycles. The van der Waals surface area contributed by atoms with Gasteiger partial charge in [0.05, 0.1) is 23.5 Å². The van der Waals surface area contributed by atoms with Crippen LogP contribution in [0.5, 0.6) is 0 Å². The van der Waals surface area contributed by atoms with Gasteiger partial charge < -0.3 is 0 Å². The molecule has 0 aliphatic carbocycles. The van der Waals surface area contributed by atoms with Gasteiger partial charge >= 0.3 is 0 Å². The Kier molecular flexibility index (Phi) is 2.65. The van der Waals surface area contributed by atoms with E-state index in [1.165, 1.54) is 11.4 Å². The van der Waals surface area contributed by atoms with Crippen LogP contribution >= 0.6 is 0 Å². The van der Waals surface area contributed by atoms with Crippen LogP contribution in [0.4, 0.5) is 0 Å². The second kappa shape index (κ2) is 3.38. The summed E-state index contributed by atoms with van der Waals surface area (Å²) in [6.45, 7) is 9.41. The molecule has 0 aromatic rings. The van der Waals surface area contributed by atoms with Crippen molar-refractivity contribution in [2.24, 2.45) is 9.98 Å². The van der Waals surface area contributed by atoms with Gasteiger partial charge in [0.2, 0.25) is 0 Å². The van der Waals surface area contributed by atoms with E-state index in [9.17, 15) is 0 Å². The summed E-state index contributed by atoms with van der Waals surface area (Å²) in [4.78, 5) is 9.21. The average Bonchev–Trinajstić information content (AvgIpc) is 2.03. The van der Waals surface area contributed by atoms with Crippen LogP contribution in [-0.4, -0.2) is 23.5 Å². The second-order valence-electron chi connectivity index (χ2n) is 3.84. The molecule has 1 aliphatic rings. The van der Waals surface area contributed by atoms with Gasteiger partial charge in [-0.15, -0.1) is 0 Å². The Balaban J connectivity index is 2.86. The molecule has 0 fully saturated rings. The molecule has 1 rings (SSSR count). The molecular formula is C10H18N2. The van der Waals surface area contributed by atoms with Gasteiger partial charge in [0.25, 0.3) is 0 Å². The smallest absolute Gasteiger partial charge is 0.0750 e. The molecule has 0 bridgehead atoms. The van der Waals surface area contributed by atoms with Crippen LogP contribution in [0.2, 0.25) is 0 Å². The van der Waals surface area contributed by atoms with Crippen molar-refractivity contribution in [2.75, 3.05) is 6.54 Å². The summed E-state index contributed by atoms with van der Waals surface area (Å²) < 4.78 is 0. The lowest BCUT2D eigenvalue weighted by molar-refractivity contribution is 0.531. The van der Waals surface area contributed by atoms with E-state index < -0.39 is 0 Å². The summed E-state index contributed by atoms with van der Waals surface area (Å²) in [6.07, 6.45) is 2.03. The molecule has 0 amide bonds. The summed E-state index contributed by atoms with van der Waals surface area (Å²) in [7, 11) is 0. The molecule has 0 saturated carbocycles. The highest BCUT2D eigenvalue weighted by atomic mass is 15.0. The lowest BCUT2D eigenvalue weighted by atomic mass is 10.0. The van der Waals surface area contributed by atoms with Crippen LogP contribution in [0, 0.1) is 0 Å². The van der Waals surface area contributed by atoms with Crippen LogP contribution in [0.15, 0.2) is 9.98 Å². The molecule has 2 nitrogen and oxygen atoms in total. The van der Waals surface area contributed by atoms with Gasteiger partial charge in [0, 0.05) is 0 Å². The maximum atomic E-state index is 4.67. The average molecular weight is 166 g/mol. The van der Waals surface area contributed by atoms with E-state index >= 15 is 0 Å². The highest BCUT2D eigenvalue weighted by Crippen LogP contribution is 2.16. The highest BCUT2D eigenvalue weighted by Gasteiger charge is 2.22. The molecule has 0 aromatic carbocycles. The minimum absolute atomic E-state index is 0.0318. The van der Waals surface area contributed by atoms with E-state index in [1.807, 2.05) is 0 Å². The Hall–Kier alpha value is -0.660. The third-order valence-electron chi connectivity index (χ3n) is 2.10. The van der Waals surface area contributed by atoms with E-state index in [0.29, 0.717) is 0 Å². The summed E-state index contributed by atoms with van der Waals surface area (Å²) in [5.74, 6) is 0. The van der Waals surface area contributed by atoms with E-state index in [1.54, 1.807) is 0 Å². The molecule has 0 N–H and O–H groups in total. The zero-order valence-corrected chi connectivity index (χ0v) is 8.52. The summed E-state index contributed by atoms with van der Waals surface area (Å²) in [5, 5.41) is 0. The van der Waals surface area contributed by atoms with Gasteiger partial charge in [-0.2, -0.15) is 0 Å². The lowest BCUT2D eigenvalue weighted by Crippen LogP contribution is -2.31. The van der Waals surface area contributed by atoms with Gasteiger partial charge in [-0.3, -0.25) is 9.98 Å². The molecule has 0 unspecified atom stereocenters. The number of aliphatic imine (C=N–C) groups is 2. The number of hydrogen-bond donors (Lipinski definition) is 0. The predicted molar refractivity (Wildman–Crippen MR) is 54.4 cm³/mol. The Bertz CT molecular complexity index is 224. The Morgan fingerprint density at radius 2 is 1.75 bits per heavy atom. The van der Waals surface area contributed by atoms with Gasteiger partial charge in [-0.05, 0) is 26.7 Å². The Morgan fingerprint density at radius 1 is 1.17 bits per heavy atom. The molecule has 2 heteroatoms. The molecular weight excluding hydrogens is 148 g/mol. The minimum Gasteiger partial charge on any atom is -0.285 e. The van der Waals surface area contributed by atoms with Crippen LogP contribution < -0.4 is 0 Å². The summed E-state index contributed by atoms with van der Waals surface area (Å²) >= 11 is 0. The molecule has 0 saturated heterocycles. The fourth-order valence-electron chi connectivity index (χ4n) is 1.44. The SMILES string of the molecule is CCC1=NCC(C)(C)N=C1CC. The monoisotopic (exact) mass is 166 g/mol. The molecule has 0 radical (unpaired) electrons. The largest absolute Gasteiger partial charge is 0.285 e. The van der Waals surface area contributed by atoms with E-state index in [2.05, 4.69) is 37.7 Å². The molecule has 0 spiro atoms. The third kappa shape index (κ3) is 1.93. The van der Waals surface area contributed by atoms with Gasteiger partial charge in [0.15, 0.2) is 0 Å². The van der Waals surface area contributed by atoms with Crippen LogP contribution in [0.25, 0.3) is 0 Å². The van der Waals surface area contributed by atoms with Crippen molar-refractivity contribution >= 4 is 11.4 Å². The van der Waals surface area contributed by atoms with Crippen LogP contribution in [0.1, 0.15) is 40.5 Å². The van der Waals surface area contributed by atoms with E-state index in [0.717, 1.165) is 19.4 Å². The zero-order chi connectivity index (χ0) is 9.19. The Morgan fingerprint density at radius 3 is 2.25 bits per heavy atom. The minimum atomic E-state index is 0.0318. The third-order valence-corrected chi connectivity index (χ3v) is 2.10. The number of hydrogen-bond acceptors (Lipinski definition) is 2. The summed E-state index contributed by atoms with van der Waals surface area (Å²) in [5.41, 5.74) is 2.44.